The van der Waals surface area contributed by atoms with Crippen LogP contribution in [0, 0.1) is 0 Å². The summed E-state index contributed by atoms with van der Waals surface area (Å²) >= 11 is 0. The van der Waals surface area contributed by atoms with Gasteiger partial charge in [-0.1, -0.05) is 97.1 Å². The number of ketones is 2. The Kier molecular flexibility index (Phi) is 5.46. The van der Waals surface area contributed by atoms with Gasteiger partial charge in [0.25, 0.3) is 0 Å². The van der Waals surface area contributed by atoms with Gasteiger partial charge in [0.05, 0.1) is 11.1 Å². The molecule has 2 N–H and O–H groups in total. The van der Waals surface area contributed by atoms with E-state index >= 15 is 0 Å². The molecular formula is C37H25N2O4+. The van der Waals surface area contributed by atoms with Gasteiger partial charge in [-0.15, -0.1) is 0 Å². The minimum atomic E-state index is -0.487. The average Bonchev–Trinajstić information content (AvgIpc) is 3.39. The summed E-state index contributed by atoms with van der Waals surface area (Å²) in [6.45, 7) is 0.743. The second-order valence-corrected chi connectivity index (χ2v) is 11.1. The summed E-state index contributed by atoms with van der Waals surface area (Å²) in [5, 5.41) is 27.9. The smallest absolute Gasteiger partial charge is 0.245 e. The second kappa shape index (κ2) is 9.39. The largest absolute Gasteiger partial charge is 0.503 e. The van der Waals surface area contributed by atoms with Crippen LogP contribution in [0.15, 0.2) is 116 Å². The maximum absolute atomic E-state index is 13.7. The molecule has 8 rings (SSSR count). The van der Waals surface area contributed by atoms with Crippen LogP contribution < -0.4 is 4.57 Å². The molecule has 0 fully saturated rings. The molecule has 1 aromatic heterocycles. The van der Waals surface area contributed by atoms with Crippen LogP contribution >= 0.6 is 0 Å². The van der Waals surface area contributed by atoms with Gasteiger partial charge in [0.2, 0.25) is 17.4 Å². The lowest BCUT2D eigenvalue weighted by Crippen LogP contribution is -2.33. The maximum Gasteiger partial charge on any atom is 0.245 e. The van der Waals surface area contributed by atoms with Gasteiger partial charge < -0.3 is 10.2 Å². The van der Waals surface area contributed by atoms with E-state index in [1.807, 2.05) is 64.0 Å². The minimum absolute atomic E-state index is 0.163. The van der Waals surface area contributed by atoms with E-state index < -0.39 is 11.6 Å². The summed E-state index contributed by atoms with van der Waals surface area (Å²) in [7, 11) is 0. The molecule has 43 heavy (non-hydrogen) atoms. The number of rotatable bonds is 4. The number of benzene rings is 6. The van der Waals surface area contributed by atoms with Crippen molar-refractivity contribution < 1.29 is 24.4 Å². The minimum Gasteiger partial charge on any atom is -0.503 e. The highest BCUT2D eigenvalue weighted by Crippen LogP contribution is 2.43. The fourth-order valence-electron chi connectivity index (χ4n) is 6.42. The number of phenols is 2. The van der Waals surface area contributed by atoms with Crippen LogP contribution in [0.3, 0.4) is 0 Å². The van der Waals surface area contributed by atoms with Crippen molar-refractivity contribution in [3.05, 3.63) is 149 Å². The van der Waals surface area contributed by atoms with Crippen LogP contribution in [0.4, 0.5) is 0 Å². The number of aromatic nitrogens is 2. The summed E-state index contributed by atoms with van der Waals surface area (Å²) < 4.78 is 3.68. The van der Waals surface area contributed by atoms with Crippen molar-refractivity contribution in [3.63, 3.8) is 0 Å². The first-order valence-electron chi connectivity index (χ1n) is 14.1. The molecule has 0 atom stereocenters. The third kappa shape index (κ3) is 3.84. The normalized spacial score (nSPS) is 12.7. The van der Waals surface area contributed by atoms with Crippen LogP contribution in [-0.4, -0.2) is 26.3 Å². The van der Waals surface area contributed by atoms with E-state index in [-0.39, 0.29) is 33.8 Å². The van der Waals surface area contributed by atoms with Crippen molar-refractivity contribution >= 4 is 44.1 Å². The molecular weight excluding hydrogens is 536 g/mol. The molecule has 0 saturated heterocycles. The van der Waals surface area contributed by atoms with Crippen molar-refractivity contribution in [3.8, 4) is 11.5 Å². The Morgan fingerprint density at radius 1 is 0.581 bits per heavy atom. The van der Waals surface area contributed by atoms with Crippen molar-refractivity contribution in [1.29, 1.82) is 0 Å². The number of carbonyl (C=O) groups excluding carboxylic acids is 2. The highest BCUT2D eigenvalue weighted by Gasteiger charge is 2.40. The predicted molar refractivity (Wildman–Crippen MR) is 165 cm³/mol. The Morgan fingerprint density at radius 3 is 1.72 bits per heavy atom. The summed E-state index contributed by atoms with van der Waals surface area (Å²) in [5.41, 5.74) is 2.66. The van der Waals surface area contributed by atoms with E-state index in [1.54, 1.807) is 24.3 Å². The lowest BCUT2D eigenvalue weighted by atomic mass is 9.82. The van der Waals surface area contributed by atoms with Crippen LogP contribution in [0.5, 0.6) is 11.5 Å². The zero-order chi connectivity index (χ0) is 29.2. The molecule has 0 spiro atoms. The second-order valence-electron chi connectivity index (χ2n) is 11.1. The Morgan fingerprint density at radius 2 is 1.09 bits per heavy atom. The standard InChI is InChI=1S/C37H24N2O4/c40-34-28-11-5-6-12-29(28)35(41)31-30(34)36(42)32-33(37(31)43)39(20-23-14-16-25-8-2-4-10-27(25)18-23)21-38(32)19-22-13-15-24-7-1-3-9-26(24)17-22/h1-18,21H,19-20H2,(H-,40,41,42,43)/p+1. The lowest BCUT2D eigenvalue weighted by Gasteiger charge is -2.19. The van der Waals surface area contributed by atoms with E-state index in [1.165, 1.54) is 0 Å². The van der Waals surface area contributed by atoms with E-state index in [0.29, 0.717) is 24.1 Å². The first-order valence-corrected chi connectivity index (χ1v) is 14.1. The van der Waals surface area contributed by atoms with Gasteiger partial charge >= 0.3 is 0 Å². The number of nitrogens with zero attached hydrogens (tertiary/aromatic N) is 2. The van der Waals surface area contributed by atoms with Gasteiger partial charge in [0, 0.05) is 11.1 Å². The third-order valence-electron chi connectivity index (χ3n) is 8.45. The number of hydrogen-bond donors (Lipinski definition) is 2. The van der Waals surface area contributed by atoms with Gasteiger partial charge in [-0.05, 0) is 44.8 Å². The number of fused-ring (bicyclic) bond motifs is 5. The molecule has 6 aromatic carbocycles. The fourth-order valence-corrected chi connectivity index (χ4v) is 6.42. The SMILES string of the molecule is O=C1c2ccccc2C(=O)c2c1c(O)c1c(c2O)[n+](Cc2ccc3ccccc3c2)cn1Cc1ccc2ccccc2c1. The molecule has 0 amide bonds. The maximum atomic E-state index is 13.7. The Labute approximate surface area is 246 Å². The van der Waals surface area contributed by atoms with E-state index in [2.05, 4.69) is 36.4 Å². The van der Waals surface area contributed by atoms with Gasteiger partial charge in [-0.25, -0.2) is 9.13 Å². The molecule has 7 aromatic rings. The highest BCUT2D eigenvalue weighted by atomic mass is 16.3. The molecule has 1 aliphatic rings. The topological polar surface area (TPSA) is 83.4 Å². The molecule has 0 saturated carbocycles. The van der Waals surface area contributed by atoms with Gasteiger partial charge in [-0.2, -0.15) is 0 Å². The summed E-state index contributed by atoms with van der Waals surface area (Å²) in [6.07, 6.45) is 1.84. The van der Waals surface area contributed by atoms with Crippen LogP contribution in [0.2, 0.25) is 0 Å². The first kappa shape index (κ1) is 25.0. The van der Waals surface area contributed by atoms with E-state index in [9.17, 15) is 19.8 Å². The molecule has 0 aliphatic heterocycles. The number of carbonyl (C=O) groups is 2. The Hall–Kier alpha value is -5.75. The fraction of sp³-hybridized carbons (Fsp3) is 0.0541. The van der Waals surface area contributed by atoms with Gasteiger partial charge in [0.1, 0.15) is 13.1 Å². The monoisotopic (exact) mass is 561 g/mol. The molecule has 206 valence electrons. The Bertz CT molecular complexity index is 2150. The summed E-state index contributed by atoms with van der Waals surface area (Å²) in [4.78, 5) is 27.3. The first-order chi connectivity index (χ1) is 21.0. The van der Waals surface area contributed by atoms with Crippen LogP contribution in [0.1, 0.15) is 43.0 Å². The lowest BCUT2D eigenvalue weighted by molar-refractivity contribution is -0.663. The summed E-state index contributed by atoms with van der Waals surface area (Å²) in [6, 6.07) is 35.1. The average molecular weight is 562 g/mol. The van der Waals surface area contributed by atoms with Crippen molar-refractivity contribution in [2.45, 2.75) is 13.1 Å². The van der Waals surface area contributed by atoms with Gasteiger partial charge in [0.15, 0.2) is 23.1 Å². The van der Waals surface area contributed by atoms with Crippen molar-refractivity contribution in [2.24, 2.45) is 0 Å². The molecule has 6 nitrogen and oxygen atoms in total. The Balaban J connectivity index is 1.35. The quantitative estimate of drug-likeness (QED) is 0.189. The third-order valence-corrected chi connectivity index (χ3v) is 8.45. The van der Waals surface area contributed by atoms with Gasteiger partial charge in [-0.3, -0.25) is 9.59 Å². The predicted octanol–water partition coefficient (Wildman–Crippen LogP) is 6.52. The number of aromatic hydroxyl groups is 2. The number of phenolic OH excluding ortho intramolecular Hbond substituents is 2. The molecule has 1 heterocycles. The van der Waals surface area contributed by atoms with Crippen LogP contribution in [0.25, 0.3) is 32.6 Å². The van der Waals surface area contributed by atoms with Crippen molar-refractivity contribution in [2.75, 3.05) is 0 Å². The molecule has 0 unspecified atom stereocenters. The van der Waals surface area contributed by atoms with Crippen LogP contribution in [-0.2, 0) is 13.1 Å². The molecule has 6 heteroatoms. The zero-order valence-corrected chi connectivity index (χ0v) is 23.0. The number of imidazole rings is 1. The van der Waals surface area contributed by atoms with E-state index in [0.717, 1.165) is 32.7 Å². The molecule has 0 bridgehead atoms. The molecule has 1 aliphatic carbocycles. The number of hydrogen-bond acceptors (Lipinski definition) is 4. The highest BCUT2D eigenvalue weighted by molar-refractivity contribution is 6.32. The summed E-state index contributed by atoms with van der Waals surface area (Å²) in [5.74, 6) is -1.60. The zero-order valence-electron chi connectivity index (χ0n) is 23.0. The van der Waals surface area contributed by atoms with E-state index in [4.69, 9.17) is 0 Å². The molecule has 0 radical (unpaired) electrons. The van der Waals surface area contributed by atoms with Crippen molar-refractivity contribution in [1.82, 2.24) is 4.57 Å².